The average molecular weight is 428 g/mol. The highest BCUT2D eigenvalue weighted by atomic mass is 16.3. The monoisotopic (exact) mass is 428 g/mol. The van der Waals surface area contributed by atoms with Crippen LogP contribution >= 0.6 is 0 Å². The van der Waals surface area contributed by atoms with Gasteiger partial charge in [0.1, 0.15) is 0 Å². The summed E-state index contributed by atoms with van der Waals surface area (Å²) in [6.45, 7) is 2.97. The molecule has 2 aliphatic rings. The smallest absolute Gasteiger partial charge is 0.338 e. The molecule has 0 saturated carbocycles. The number of likely N-dealkylation sites (tertiary alicyclic amines) is 2. The largest absolute Gasteiger partial charge is 0.472 e. The second-order valence-corrected chi connectivity index (χ2v) is 8.23. The summed E-state index contributed by atoms with van der Waals surface area (Å²) in [6.07, 6.45) is 6.37. The van der Waals surface area contributed by atoms with Crippen molar-refractivity contribution in [2.24, 2.45) is 0 Å². The van der Waals surface area contributed by atoms with E-state index in [0.717, 1.165) is 42.6 Å². The van der Waals surface area contributed by atoms with Crippen LogP contribution in [0.15, 0.2) is 38.9 Å². The van der Waals surface area contributed by atoms with E-state index in [9.17, 15) is 19.5 Å². The Hall–Kier alpha value is -3.18. The minimum atomic E-state index is -0.789. The summed E-state index contributed by atoms with van der Waals surface area (Å²) in [5.41, 5.74) is -0.00284. The number of hydrogen-bond donors (Lipinski definition) is 2. The van der Waals surface area contributed by atoms with E-state index in [-0.39, 0.29) is 23.8 Å². The number of furan rings is 1. The molecular formula is C20H24N6O5. The number of fused-ring (bicyclic) bond motifs is 1. The highest BCUT2D eigenvalue weighted by Crippen LogP contribution is 2.26. The second-order valence-electron chi connectivity index (χ2n) is 8.23. The first-order chi connectivity index (χ1) is 15.0. The van der Waals surface area contributed by atoms with Gasteiger partial charge in [0, 0.05) is 44.3 Å². The molecule has 0 aromatic carbocycles. The highest BCUT2D eigenvalue weighted by Gasteiger charge is 2.30. The number of aliphatic hydroxyl groups excluding tert-OH is 1. The number of β-amino-alcohol motifs (C(OH)–C–C–N with tert-alkyl or cyclic N) is 1. The van der Waals surface area contributed by atoms with Crippen LogP contribution in [0.3, 0.4) is 0 Å². The Morgan fingerprint density at radius 3 is 2.71 bits per heavy atom. The molecule has 2 N–H and O–H groups in total. The number of piperidine rings is 1. The average Bonchev–Trinajstić information content (AvgIpc) is 3.50. The number of nitrogens with one attached hydrogen (secondary N) is 1. The van der Waals surface area contributed by atoms with Gasteiger partial charge in [-0.2, -0.15) is 4.57 Å². The molecule has 5 rings (SSSR count). The SMILES string of the molecule is O=C(N1CCC(O)C1)n1c(=O)[nH]c(=O)c2ncn(C3CCN(Cc4ccoc4)CC3)c21. The number of amides is 1. The molecule has 31 heavy (non-hydrogen) atoms. The van der Waals surface area contributed by atoms with E-state index in [1.807, 2.05) is 6.07 Å². The Kier molecular flexibility index (Phi) is 4.98. The lowest BCUT2D eigenvalue weighted by molar-refractivity contribution is 0.171. The van der Waals surface area contributed by atoms with E-state index in [2.05, 4.69) is 14.9 Å². The van der Waals surface area contributed by atoms with E-state index in [4.69, 9.17) is 4.42 Å². The Morgan fingerprint density at radius 1 is 1.23 bits per heavy atom. The lowest BCUT2D eigenvalue weighted by Crippen LogP contribution is -2.43. The van der Waals surface area contributed by atoms with Gasteiger partial charge in [0.05, 0.1) is 25.0 Å². The van der Waals surface area contributed by atoms with Crippen molar-refractivity contribution >= 4 is 17.2 Å². The molecule has 0 bridgehead atoms. The number of aliphatic hydroxyl groups is 1. The van der Waals surface area contributed by atoms with Crippen molar-refractivity contribution in [3.63, 3.8) is 0 Å². The summed E-state index contributed by atoms with van der Waals surface area (Å²) < 4.78 is 7.90. The molecule has 2 fully saturated rings. The van der Waals surface area contributed by atoms with Crippen molar-refractivity contribution in [3.8, 4) is 0 Å². The molecule has 3 aromatic heterocycles. The van der Waals surface area contributed by atoms with E-state index < -0.39 is 23.4 Å². The lowest BCUT2D eigenvalue weighted by atomic mass is 10.0. The number of aromatic nitrogens is 4. The molecule has 0 spiro atoms. The Balaban J connectivity index is 1.45. The third-order valence-corrected chi connectivity index (χ3v) is 6.18. The third kappa shape index (κ3) is 3.59. The van der Waals surface area contributed by atoms with Gasteiger partial charge in [-0.05, 0) is 25.3 Å². The van der Waals surface area contributed by atoms with Crippen LogP contribution in [0.25, 0.3) is 11.2 Å². The fraction of sp³-hybridized carbons (Fsp3) is 0.500. The summed E-state index contributed by atoms with van der Waals surface area (Å²) in [7, 11) is 0. The van der Waals surface area contributed by atoms with Crippen LogP contribution in [0.5, 0.6) is 0 Å². The molecule has 11 nitrogen and oxygen atoms in total. The quantitative estimate of drug-likeness (QED) is 0.616. The van der Waals surface area contributed by atoms with Gasteiger partial charge in [0.25, 0.3) is 5.56 Å². The van der Waals surface area contributed by atoms with Gasteiger partial charge in [-0.3, -0.25) is 14.7 Å². The molecule has 1 unspecified atom stereocenters. The van der Waals surface area contributed by atoms with Crippen molar-refractivity contribution in [1.29, 1.82) is 0 Å². The number of nitrogens with zero attached hydrogens (tertiary/aromatic N) is 5. The van der Waals surface area contributed by atoms with Gasteiger partial charge in [0.15, 0.2) is 11.2 Å². The van der Waals surface area contributed by atoms with Gasteiger partial charge in [-0.1, -0.05) is 0 Å². The molecule has 3 aromatic rings. The minimum Gasteiger partial charge on any atom is -0.472 e. The number of hydrogen-bond acceptors (Lipinski definition) is 7. The van der Waals surface area contributed by atoms with Crippen molar-refractivity contribution in [2.45, 2.75) is 38.0 Å². The first-order valence-electron chi connectivity index (χ1n) is 10.4. The van der Waals surface area contributed by atoms with E-state index >= 15 is 0 Å². The maximum absolute atomic E-state index is 13.1. The minimum absolute atomic E-state index is 0.00928. The number of rotatable bonds is 3. The predicted octanol–water partition coefficient (Wildman–Crippen LogP) is 0.351. The van der Waals surface area contributed by atoms with Gasteiger partial charge >= 0.3 is 11.7 Å². The molecule has 2 saturated heterocycles. The Labute approximate surface area is 176 Å². The molecule has 0 aliphatic carbocycles. The molecule has 0 radical (unpaired) electrons. The standard InChI is InChI=1S/C20H24N6O5/c27-15-3-7-24(10-15)20(30)26-18-16(17(28)22-19(26)29)21-12-25(18)14-1-5-23(6-2-14)9-13-4-8-31-11-13/h4,8,11-12,14-15,27H,1-3,5-7,9-10H2,(H,22,28,29). The van der Waals surface area contributed by atoms with Crippen molar-refractivity contribution in [3.05, 3.63) is 51.3 Å². The number of H-pyrrole nitrogens is 1. The maximum atomic E-state index is 13.1. The van der Waals surface area contributed by atoms with Crippen molar-refractivity contribution in [2.75, 3.05) is 26.2 Å². The molecule has 164 valence electrons. The zero-order valence-corrected chi connectivity index (χ0v) is 16.9. The number of carbonyl (C=O) groups is 1. The van der Waals surface area contributed by atoms with Gasteiger partial charge in [-0.25, -0.2) is 14.6 Å². The summed E-state index contributed by atoms with van der Waals surface area (Å²) in [6, 6.07) is 1.40. The molecule has 2 aliphatic heterocycles. The van der Waals surface area contributed by atoms with Crippen LogP contribution in [0.4, 0.5) is 4.79 Å². The predicted molar refractivity (Wildman–Crippen MR) is 110 cm³/mol. The fourth-order valence-corrected chi connectivity index (χ4v) is 4.54. The van der Waals surface area contributed by atoms with Gasteiger partial charge < -0.3 is 19.0 Å². The Morgan fingerprint density at radius 2 is 2.03 bits per heavy atom. The van der Waals surface area contributed by atoms with Gasteiger partial charge in [0.2, 0.25) is 0 Å². The summed E-state index contributed by atoms with van der Waals surface area (Å²) in [5.74, 6) is 0. The van der Waals surface area contributed by atoms with Crippen LogP contribution in [-0.4, -0.2) is 72.3 Å². The van der Waals surface area contributed by atoms with Crippen LogP contribution in [0, 0.1) is 0 Å². The Bertz CT molecular complexity index is 1200. The van der Waals surface area contributed by atoms with E-state index in [1.165, 1.54) is 4.90 Å². The summed E-state index contributed by atoms with van der Waals surface area (Å²) >= 11 is 0. The maximum Gasteiger partial charge on any atom is 0.338 e. The summed E-state index contributed by atoms with van der Waals surface area (Å²) in [5, 5.41) is 9.79. The summed E-state index contributed by atoms with van der Waals surface area (Å²) in [4.78, 5) is 48.2. The normalized spacial score (nSPS) is 20.7. The molecule has 11 heteroatoms. The number of carbonyl (C=O) groups excluding carboxylic acids is 1. The molecule has 1 amide bonds. The topological polar surface area (TPSA) is 130 Å². The zero-order valence-electron chi connectivity index (χ0n) is 16.9. The highest BCUT2D eigenvalue weighted by molar-refractivity contribution is 5.86. The zero-order chi connectivity index (χ0) is 21.5. The third-order valence-electron chi connectivity index (χ3n) is 6.18. The number of aromatic amines is 1. The van der Waals surface area contributed by atoms with Crippen LogP contribution in [-0.2, 0) is 6.54 Å². The number of imidazole rings is 1. The second kappa shape index (κ2) is 7.82. The van der Waals surface area contributed by atoms with Crippen molar-refractivity contribution in [1.82, 2.24) is 28.9 Å². The fourth-order valence-electron chi connectivity index (χ4n) is 4.54. The first kappa shape index (κ1) is 19.8. The van der Waals surface area contributed by atoms with E-state index in [0.29, 0.717) is 13.0 Å². The molecule has 5 heterocycles. The van der Waals surface area contributed by atoms with Gasteiger partial charge in [-0.15, -0.1) is 0 Å². The first-order valence-corrected chi connectivity index (χ1v) is 10.4. The molecule has 1 atom stereocenters. The molecular weight excluding hydrogens is 404 g/mol. The van der Waals surface area contributed by atoms with Crippen molar-refractivity contribution < 1.29 is 14.3 Å². The van der Waals surface area contributed by atoms with E-state index in [1.54, 1.807) is 23.4 Å². The lowest BCUT2D eigenvalue weighted by Gasteiger charge is -2.32. The van der Waals surface area contributed by atoms with Crippen LogP contribution in [0.1, 0.15) is 30.9 Å². The van der Waals surface area contributed by atoms with Crippen LogP contribution < -0.4 is 11.2 Å². The van der Waals surface area contributed by atoms with Crippen LogP contribution in [0.2, 0.25) is 0 Å².